The van der Waals surface area contributed by atoms with Crippen molar-refractivity contribution in [3.8, 4) is 0 Å². The van der Waals surface area contributed by atoms with E-state index in [1.807, 2.05) is 6.08 Å². The van der Waals surface area contributed by atoms with Crippen molar-refractivity contribution in [2.24, 2.45) is 0 Å². The maximum atomic E-state index is 13.1. The predicted molar refractivity (Wildman–Crippen MR) is 48.4 cm³/mol. The van der Waals surface area contributed by atoms with Crippen molar-refractivity contribution >= 4 is 31.9 Å². The normalized spacial score (nSPS) is 39.6. The zero-order valence-corrected chi connectivity index (χ0v) is 8.62. The molecule has 0 N–H and O–H groups in total. The van der Waals surface area contributed by atoms with Gasteiger partial charge in [-0.1, -0.05) is 44.0 Å². The van der Waals surface area contributed by atoms with Crippen LogP contribution in [0.4, 0.5) is 4.39 Å². The summed E-state index contributed by atoms with van der Waals surface area (Å²) in [5.74, 6) is 0. The molecule has 0 aliphatic heterocycles. The van der Waals surface area contributed by atoms with Crippen LogP contribution in [0.1, 0.15) is 6.92 Å². The van der Waals surface area contributed by atoms with Gasteiger partial charge in [-0.25, -0.2) is 4.39 Å². The number of halogens is 3. The van der Waals surface area contributed by atoms with Gasteiger partial charge < -0.3 is 0 Å². The molecule has 1 aliphatic rings. The molecule has 0 bridgehead atoms. The molecular weight excluding hydrogens is 263 g/mol. The van der Waals surface area contributed by atoms with Crippen molar-refractivity contribution in [1.29, 1.82) is 0 Å². The minimum Gasteiger partial charge on any atom is -0.240 e. The van der Waals surface area contributed by atoms with Gasteiger partial charge in [-0.05, 0) is 13.0 Å². The smallest absolute Gasteiger partial charge is 0.150 e. The van der Waals surface area contributed by atoms with E-state index < -0.39 is 10.5 Å². The Morgan fingerprint density at radius 3 is 2.70 bits per heavy atom. The number of hydrogen-bond acceptors (Lipinski definition) is 0. The summed E-state index contributed by atoms with van der Waals surface area (Å²) < 4.78 is 13.2. The van der Waals surface area contributed by atoms with E-state index >= 15 is 0 Å². The standard InChI is InChI=1S/C7H7Br2F/c1-7(9)4-2-3-5(8)6(7)10/h2-4,6H,1H3/t6-,7?/m0/s1. The highest BCUT2D eigenvalue weighted by Crippen LogP contribution is 2.36. The molecule has 0 radical (unpaired) electrons. The predicted octanol–water partition coefficient (Wildman–Crippen LogP) is 3.33. The average Bonchev–Trinajstić information content (AvgIpc) is 1.83. The topological polar surface area (TPSA) is 0 Å². The summed E-state index contributed by atoms with van der Waals surface area (Å²) >= 11 is 6.40. The van der Waals surface area contributed by atoms with E-state index in [1.54, 1.807) is 19.1 Å². The van der Waals surface area contributed by atoms with Crippen LogP contribution in [-0.4, -0.2) is 10.5 Å². The summed E-state index contributed by atoms with van der Waals surface area (Å²) in [4.78, 5) is 0. The second-order valence-electron chi connectivity index (χ2n) is 2.42. The van der Waals surface area contributed by atoms with Crippen LogP contribution in [0.15, 0.2) is 22.7 Å². The fraction of sp³-hybridized carbons (Fsp3) is 0.429. The summed E-state index contributed by atoms with van der Waals surface area (Å²) in [6, 6.07) is 0. The van der Waals surface area contributed by atoms with Crippen molar-refractivity contribution < 1.29 is 4.39 Å². The summed E-state index contributed by atoms with van der Waals surface area (Å²) in [7, 11) is 0. The lowest BCUT2D eigenvalue weighted by atomic mass is 10.0. The van der Waals surface area contributed by atoms with Crippen LogP contribution in [0.25, 0.3) is 0 Å². The Hall–Kier alpha value is 0.370. The lowest BCUT2D eigenvalue weighted by Crippen LogP contribution is -2.28. The highest BCUT2D eigenvalue weighted by Gasteiger charge is 2.32. The number of allylic oxidation sites excluding steroid dienone is 4. The second-order valence-corrected chi connectivity index (χ2v) is 5.05. The highest BCUT2D eigenvalue weighted by atomic mass is 79.9. The van der Waals surface area contributed by atoms with Crippen LogP contribution >= 0.6 is 31.9 Å². The molecule has 0 nitrogen and oxygen atoms in total. The molecule has 1 aliphatic carbocycles. The molecule has 0 fully saturated rings. The van der Waals surface area contributed by atoms with Gasteiger partial charge in [-0.3, -0.25) is 0 Å². The van der Waals surface area contributed by atoms with E-state index in [9.17, 15) is 4.39 Å². The van der Waals surface area contributed by atoms with Crippen molar-refractivity contribution in [1.82, 2.24) is 0 Å². The Balaban J connectivity index is 2.89. The minimum atomic E-state index is -0.975. The summed E-state index contributed by atoms with van der Waals surface area (Å²) in [5, 5.41) is 0. The van der Waals surface area contributed by atoms with Gasteiger partial charge in [0.05, 0.1) is 4.32 Å². The molecule has 0 spiro atoms. The fourth-order valence-electron chi connectivity index (χ4n) is 0.767. The molecule has 0 amide bonds. The van der Waals surface area contributed by atoms with E-state index in [4.69, 9.17) is 0 Å². The molecule has 0 aromatic carbocycles. The monoisotopic (exact) mass is 268 g/mol. The molecule has 0 saturated heterocycles. The first-order chi connectivity index (χ1) is 4.54. The van der Waals surface area contributed by atoms with Crippen LogP contribution in [0, 0.1) is 0 Å². The summed E-state index contributed by atoms with van der Waals surface area (Å²) in [6.07, 6.45) is 4.36. The zero-order chi connectivity index (χ0) is 7.78. The van der Waals surface area contributed by atoms with Crippen LogP contribution in [0.5, 0.6) is 0 Å². The first-order valence-electron chi connectivity index (χ1n) is 2.92. The van der Waals surface area contributed by atoms with E-state index in [1.165, 1.54) is 0 Å². The molecule has 10 heavy (non-hydrogen) atoms. The molecule has 0 saturated carbocycles. The molecule has 0 heterocycles. The van der Waals surface area contributed by atoms with Gasteiger partial charge in [-0.15, -0.1) is 0 Å². The van der Waals surface area contributed by atoms with E-state index in [0.717, 1.165) is 0 Å². The first kappa shape index (κ1) is 8.47. The lowest BCUT2D eigenvalue weighted by Gasteiger charge is -2.25. The lowest BCUT2D eigenvalue weighted by molar-refractivity contribution is 0.357. The largest absolute Gasteiger partial charge is 0.240 e. The van der Waals surface area contributed by atoms with E-state index in [-0.39, 0.29) is 0 Å². The number of rotatable bonds is 0. The third-order valence-corrected chi connectivity index (χ3v) is 2.75. The number of hydrogen-bond donors (Lipinski definition) is 0. The Labute approximate surface area is 76.4 Å². The van der Waals surface area contributed by atoms with E-state index in [0.29, 0.717) is 4.48 Å². The third-order valence-electron chi connectivity index (χ3n) is 1.42. The van der Waals surface area contributed by atoms with Gasteiger partial charge in [0, 0.05) is 4.48 Å². The van der Waals surface area contributed by atoms with Gasteiger partial charge in [0.1, 0.15) is 6.17 Å². The molecule has 0 aromatic heterocycles. The van der Waals surface area contributed by atoms with Crippen LogP contribution in [0.3, 0.4) is 0 Å². The number of alkyl halides is 2. The molecular formula is C7H7Br2F. The van der Waals surface area contributed by atoms with Crippen molar-refractivity contribution in [2.75, 3.05) is 0 Å². The quantitative estimate of drug-likeness (QED) is 0.592. The SMILES string of the molecule is CC1(Br)C=CC=C(Br)[C@@H]1F. The Kier molecular flexibility index (Phi) is 2.35. The van der Waals surface area contributed by atoms with Gasteiger partial charge in [-0.2, -0.15) is 0 Å². The second kappa shape index (κ2) is 2.78. The van der Waals surface area contributed by atoms with Crippen LogP contribution < -0.4 is 0 Å². The average molecular weight is 270 g/mol. The van der Waals surface area contributed by atoms with E-state index in [2.05, 4.69) is 31.9 Å². The maximum absolute atomic E-state index is 13.1. The Morgan fingerprint density at radius 1 is 1.70 bits per heavy atom. The fourth-order valence-corrected chi connectivity index (χ4v) is 2.10. The van der Waals surface area contributed by atoms with Crippen molar-refractivity contribution in [3.63, 3.8) is 0 Å². The Bertz CT molecular complexity index is 194. The molecule has 2 atom stereocenters. The molecule has 56 valence electrons. The van der Waals surface area contributed by atoms with Crippen molar-refractivity contribution in [2.45, 2.75) is 17.4 Å². The first-order valence-corrected chi connectivity index (χ1v) is 4.50. The molecule has 1 unspecified atom stereocenters. The highest BCUT2D eigenvalue weighted by molar-refractivity contribution is 9.12. The minimum absolute atomic E-state index is 0.541. The van der Waals surface area contributed by atoms with Crippen molar-refractivity contribution in [3.05, 3.63) is 22.7 Å². The summed E-state index contributed by atoms with van der Waals surface area (Å²) in [6.45, 7) is 1.79. The molecule has 0 aromatic rings. The zero-order valence-electron chi connectivity index (χ0n) is 5.44. The molecule has 3 heteroatoms. The van der Waals surface area contributed by atoms with Gasteiger partial charge in [0.2, 0.25) is 0 Å². The van der Waals surface area contributed by atoms with Crippen LogP contribution in [0.2, 0.25) is 0 Å². The molecule has 1 rings (SSSR count). The van der Waals surface area contributed by atoms with Gasteiger partial charge >= 0.3 is 0 Å². The Morgan fingerprint density at radius 2 is 2.30 bits per heavy atom. The third kappa shape index (κ3) is 1.51. The summed E-state index contributed by atoms with van der Waals surface area (Å²) in [5.41, 5.74) is 0. The van der Waals surface area contributed by atoms with Crippen LogP contribution in [-0.2, 0) is 0 Å². The van der Waals surface area contributed by atoms with Gasteiger partial charge in [0.25, 0.3) is 0 Å². The van der Waals surface area contributed by atoms with Gasteiger partial charge in [0.15, 0.2) is 0 Å². The maximum Gasteiger partial charge on any atom is 0.150 e.